The van der Waals surface area contributed by atoms with E-state index in [9.17, 15) is 5.11 Å². The molecule has 0 radical (unpaired) electrons. The van der Waals surface area contributed by atoms with Gasteiger partial charge in [-0.25, -0.2) is 0 Å². The van der Waals surface area contributed by atoms with E-state index in [1.807, 2.05) is 29.6 Å². The molecule has 0 amide bonds. The van der Waals surface area contributed by atoms with Gasteiger partial charge >= 0.3 is 0 Å². The first-order chi connectivity index (χ1) is 8.78. The summed E-state index contributed by atoms with van der Waals surface area (Å²) in [5.74, 6) is 2.30. The standard InChI is InChI=1S/C13H16N2OS2/c1-2-15-7-10(6-14-15)13(16)12-5-9-8-17-4-3-11(9)18-12/h5-7,13,16H,2-4,8H2,1H3. The predicted molar refractivity (Wildman–Crippen MR) is 76.1 cm³/mol. The fourth-order valence-corrected chi connectivity index (χ4v) is 4.55. The second-order valence-electron chi connectivity index (χ2n) is 4.43. The number of aliphatic hydroxyl groups excluding tert-OH is 1. The molecule has 3 rings (SSSR count). The Balaban J connectivity index is 1.87. The molecule has 2 aromatic rings. The first-order valence-electron chi connectivity index (χ1n) is 6.17. The molecule has 3 nitrogen and oxygen atoms in total. The molecule has 1 atom stereocenters. The molecule has 1 aliphatic rings. The molecule has 1 aliphatic heterocycles. The van der Waals surface area contributed by atoms with Gasteiger partial charge in [-0.3, -0.25) is 4.68 Å². The lowest BCUT2D eigenvalue weighted by Gasteiger charge is -2.08. The number of thioether (sulfide) groups is 1. The van der Waals surface area contributed by atoms with Crippen molar-refractivity contribution in [1.82, 2.24) is 9.78 Å². The van der Waals surface area contributed by atoms with Crippen molar-refractivity contribution in [3.8, 4) is 0 Å². The van der Waals surface area contributed by atoms with E-state index < -0.39 is 6.10 Å². The number of rotatable bonds is 3. The summed E-state index contributed by atoms with van der Waals surface area (Å²) in [5, 5.41) is 14.6. The summed E-state index contributed by atoms with van der Waals surface area (Å²) in [6, 6.07) is 2.17. The molecule has 0 aromatic carbocycles. The van der Waals surface area contributed by atoms with Gasteiger partial charge in [0.2, 0.25) is 0 Å². The number of nitrogens with zero attached hydrogens (tertiary/aromatic N) is 2. The quantitative estimate of drug-likeness (QED) is 0.939. The van der Waals surface area contributed by atoms with E-state index in [1.54, 1.807) is 17.5 Å². The van der Waals surface area contributed by atoms with Crippen LogP contribution in [0.4, 0.5) is 0 Å². The van der Waals surface area contributed by atoms with Crippen LogP contribution in [0.3, 0.4) is 0 Å². The molecule has 5 heteroatoms. The van der Waals surface area contributed by atoms with Crippen molar-refractivity contribution in [3.05, 3.63) is 39.3 Å². The summed E-state index contributed by atoms with van der Waals surface area (Å²) in [4.78, 5) is 2.50. The minimum Gasteiger partial charge on any atom is -0.383 e. The Kier molecular flexibility index (Phi) is 3.46. The van der Waals surface area contributed by atoms with Gasteiger partial charge in [0.25, 0.3) is 0 Å². The van der Waals surface area contributed by atoms with Gasteiger partial charge in [-0.2, -0.15) is 16.9 Å². The van der Waals surface area contributed by atoms with Gasteiger partial charge in [0.1, 0.15) is 6.10 Å². The zero-order valence-electron chi connectivity index (χ0n) is 10.3. The van der Waals surface area contributed by atoms with Crippen molar-refractivity contribution in [2.45, 2.75) is 31.7 Å². The van der Waals surface area contributed by atoms with E-state index in [0.29, 0.717) is 0 Å². The third kappa shape index (κ3) is 2.22. The average molecular weight is 280 g/mol. The van der Waals surface area contributed by atoms with Crippen molar-refractivity contribution in [2.24, 2.45) is 0 Å². The molecule has 0 bridgehead atoms. The number of hydrogen-bond donors (Lipinski definition) is 1. The molecule has 2 aromatic heterocycles. The van der Waals surface area contributed by atoms with Crippen molar-refractivity contribution in [1.29, 1.82) is 0 Å². The highest BCUT2D eigenvalue weighted by atomic mass is 32.2. The summed E-state index contributed by atoms with van der Waals surface area (Å²) in [5.41, 5.74) is 2.30. The summed E-state index contributed by atoms with van der Waals surface area (Å²) in [6.07, 6.45) is 4.32. The lowest BCUT2D eigenvalue weighted by Crippen LogP contribution is -1.96. The van der Waals surface area contributed by atoms with Crippen molar-refractivity contribution >= 4 is 23.1 Å². The molecule has 0 fully saturated rings. The fraction of sp³-hybridized carbons (Fsp3) is 0.462. The Bertz CT molecular complexity index is 523. The average Bonchev–Trinajstić information content (AvgIpc) is 3.04. The molecule has 0 saturated heterocycles. The Morgan fingerprint density at radius 2 is 2.44 bits per heavy atom. The first-order valence-corrected chi connectivity index (χ1v) is 8.14. The van der Waals surface area contributed by atoms with Gasteiger partial charge < -0.3 is 5.11 Å². The summed E-state index contributed by atoms with van der Waals surface area (Å²) in [6.45, 7) is 2.88. The van der Waals surface area contributed by atoms with E-state index in [0.717, 1.165) is 29.2 Å². The molecule has 1 N–H and O–H groups in total. The van der Waals surface area contributed by atoms with Crippen LogP contribution in [0, 0.1) is 0 Å². The van der Waals surface area contributed by atoms with Gasteiger partial charge in [0.05, 0.1) is 6.20 Å². The number of aryl methyl sites for hydroxylation is 2. The molecular weight excluding hydrogens is 264 g/mol. The third-order valence-corrected chi connectivity index (χ3v) is 5.51. The van der Waals surface area contributed by atoms with Crippen molar-refractivity contribution in [3.63, 3.8) is 0 Å². The molecular formula is C13H16N2OS2. The Hall–Kier alpha value is -0.780. The maximum atomic E-state index is 10.4. The van der Waals surface area contributed by atoms with Gasteiger partial charge in [-0.15, -0.1) is 11.3 Å². The van der Waals surface area contributed by atoms with E-state index >= 15 is 0 Å². The number of aliphatic hydroxyl groups is 1. The highest BCUT2D eigenvalue weighted by Gasteiger charge is 2.19. The zero-order valence-corrected chi connectivity index (χ0v) is 11.9. The van der Waals surface area contributed by atoms with E-state index in [4.69, 9.17) is 0 Å². The summed E-state index contributed by atoms with van der Waals surface area (Å²) in [7, 11) is 0. The highest BCUT2D eigenvalue weighted by molar-refractivity contribution is 7.98. The second-order valence-corrected chi connectivity index (χ2v) is 6.71. The van der Waals surface area contributed by atoms with E-state index in [-0.39, 0.29) is 0 Å². The van der Waals surface area contributed by atoms with Gasteiger partial charge in [-0.1, -0.05) is 0 Å². The lowest BCUT2D eigenvalue weighted by atomic mass is 10.1. The SMILES string of the molecule is CCn1cc(C(O)c2cc3c(s2)CCSC3)cn1. The van der Waals surface area contributed by atoms with Crippen molar-refractivity contribution in [2.75, 3.05) is 5.75 Å². The van der Waals surface area contributed by atoms with Gasteiger partial charge in [0.15, 0.2) is 0 Å². The number of fused-ring (bicyclic) bond motifs is 1. The minimum absolute atomic E-state index is 0.522. The molecule has 1 unspecified atom stereocenters. The topological polar surface area (TPSA) is 38.0 Å². The van der Waals surface area contributed by atoms with Crippen LogP contribution in [0.5, 0.6) is 0 Å². The van der Waals surface area contributed by atoms with Crippen molar-refractivity contribution < 1.29 is 5.11 Å². The minimum atomic E-state index is -0.522. The highest BCUT2D eigenvalue weighted by Crippen LogP contribution is 2.36. The lowest BCUT2D eigenvalue weighted by molar-refractivity contribution is 0.224. The Morgan fingerprint density at radius 1 is 1.56 bits per heavy atom. The molecule has 0 aliphatic carbocycles. The van der Waals surface area contributed by atoms with Gasteiger partial charge in [0, 0.05) is 33.8 Å². The second kappa shape index (κ2) is 5.07. The number of aromatic nitrogens is 2. The van der Waals surface area contributed by atoms with Crippen LogP contribution in [-0.2, 0) is 18.7 Å². The normalized spacial score (nSPS) is 16.6. The monoisotopic (exact) mass is 280 g/mol. The Labute approximate surface area is 115 Å². The molecule has 0 spiro atoms. The predicted octanol–water partition coefficient (Wildman–Crippen LogP) is 2.84. The molecule has 96 valence electrons. The van der Waals surface area contributed by atoms with Crippen LogP contribution in [0.2, 0.25) is 0 Å². The van der Waals surface area contributed by atoms with Crippen LogP contribution in [0.1, 0.15) is 33.9 Å². The molecule has 18 heavy (non-hydrogen) atoms. The van der Waals surface area contributed by atoms with Crippen LogP contribution < -0.4 is 0 Å². The van der Waals surface area contributed by atoms with E-state index in [2.05, 4.69) is 11.2 Å². The Morgan fingerprint density at radius 3 is 3.17 bits per heavy atom. The number of thiophene rings is 1. The third-order valence-electron chi connectivity index (χ3n) is 3.21. The van der Waals surface area contributed by atoms with Crippen LogP contribution in [-0.4, -0.2) is 20.6 Å². The molecule has 3 heterocycles. The summed E-state index contributed by atoms with van der Waals surface area (Å²) >= 11 is 3.73. The van der Waals surface area contributed by atoms with E-state index in [1.165, 1.54) is 16.2 Å². The fourth-order valence-electron chi connectivity index (χ4n) is 2.16. The van der Waals surface area contributed by atoms with Crippen LogP contribution in [0.15, 0.2) is 18.5 Å². The van der Waals surface area contributed by atoms with Gasteiger partial charge in [-0.05, 0) is 30.7 Å². The largest absolute Gasteiger partial charge is 0.383 e. The summed E-state index contributed by atoms with van der Waals surface area (Å²) < 4.78 is 1.85. The number of hydrogen-bond acceptors (Lipinski definition) is 4. The van der Waals surface area contributed by atoms with Crippen LogP contribution >= 0.6 is 23.1 Å². The zero-order chi connectivity index (χ0) is 12.5. The maximum absolute atomic E-state index is 10.4. The smallest absolute Gasteiger partial charge is 0.116 e. The maximum Gasteiger partial charge on any atom is 0.116 e. The first kappa shape index (κ1) is 12.3. The van der Waals surface area contributed by atoms with Crippen LogP contribution in [0.25, 0.3) is 0 Å². The molecule has 0 saturated carbocycles.